The van der Waals surface area contributed by atoms with E-state index >= 15 is 0 Å². The molecular formula is C23H27N2O+. The zero-order valence-corrected chi connectivity index (χ0v) is 15.8. The quantitative estimate of drug-likeness (QED) is 0.702. The van der Waals surface area contributed by atoms with E-state index in [-0.39, 0.29) is 5.91 Å². The third-order valence-electron chi connectivity index (χ3n) is 4.64. The summed E-state index contributed by atoms with van der Waals surface area (Å²) in [6.07, 6.45) is 0. The molecule has 134 valence electrons. The summed E-state index contributed by atoms with van der Waals surface area (Å²) in [6.45, 7) is 5.55. The monoisotopic (exact) mass is 347 g/mol. The minimum absolute atomic E-state index is 0.0522. The van der Waals surface area contributed by atoms with E-state index in [2.05, 4.69) is 74.7 Å². The summed E-state index contributed by atoms with van der Waals surface area (Å²) < 4.78 is 0. The van der Waals surface area contributed by atoms with Gasteiger partial charge in [-0.05, 0) is 34.4 Å². The number of likely N-dealkylation sites (N-methyl/N-ethyl adjacent to an activating group) is 1. The Balaban J connectivity index is 1.62. The Morgan fingerprint density at radius 2 is 1.65 bits per heavy atom. The SMILES string of the molecule is CC(C)c1ccccc1NC(=O)C[NH+](C)Cc1ccc2ccccc2c1. The fourth-order valence-electron chi connectivity index (χ4n) is 3.34. The second kappa shape index (κ2) is 8.15. The predicted octanol–water partition coefficient (Wildman–Crippen LogP) is 3.62. The fourth-order valence-corrected chi connectivity index (χ4v) is 3.34. The molecule has 26 heavy (non-hydrogen) atoms. The molecule has 0 aliphatic heterocycles. The predicted molar refractivity (Wildman–Crippen MR) is 109 cm³/mol. The van der Waals surface area contributed by atoms with Crippen LogP contribution in [0.5, 0.6) is 0 Å². The molecule has 3 heteroatoms. The average molecular weight is 347 g/mol. The van der Waals surface area contributed by atoms with E-state index in [4.69, 9.17) is 0 Å². The summed E-state index contributed by atoms with van der Waals surface area (Å²) in [5.74, 6) is 0.436. The highest BCUT2D eigenvalue weighted by Gasteiger charge is 2.13. The second-order valence-corrected chi connectivity index (χ2v) is 7.28. The van der Waals surface area contributed by atoms with Crippen LogP contribution in [-0.2, 0) is 11.3 Å². The molecule has 0 aliphatic carbocycles. The van der Waals surface area contributed by atoms with Crippen LogP contribution in [0.4, 0.5) is 5.69 Å². The Morgan fingerprint density at radius 1 is 0.962 bits per heavy atom. The Hall–Kier alpha value is -2.65. The van der Waals surface area contributed by atoms with Crippen molar-refractivity contribution in [3.63, 3.8) is 0 Å². The van der Waals surface area contributed by atoms with Gasteiger partial charge in [-0.2, -0.15) is 0 Å². The van der Waals surface area contributed by atoms with Crippen LogP contribution in [0.2, 0.25) is 0 Å². The molecule has 0 spiro atoms. The third-order valence-corrected chi connectivity index (χ3v) is 4.64. The molecule has 0 heterocycles. The number of anilines is 1. The molecule has 0 aromatic heterocycles. The van der Waals surface area contributed by atoms with Gasteiger partial charge in [0.25, 0.3) is 5.91 Å². The summed E-state index contributed by atoms with van der Waals surface area (Å²) in [4.78, 5) is 13.6. The number of nitrogens with one attached hydrogen (secondary N) is 2. The maximum Gasteiger partial charge on any atom is 0.279 e. The number of benzene rings is 3. The average Bonchev–Trinajstić information content (AvgIpc) is 2.61. The van der Waals surface area contributed by atoms with Crippen LogP contribution >= 0.6 is 0 Å². The van der Waals surface area contributed by atoms with Crippen LogP contribution in [0.1, 0.15) is 30.9 Å². The molecule has 3 rings (SSSR count). The lowest BCUT2D eigenvalue weighted by atomic mass is 10.0. The van der Waals surface area contributed by atoms with Crippen molar-refractivity contribution in [1.82, 2.24) is 0 Å². The Labute approximate surface area is 155 Å². The van der Waals surface area contributed by atoms with Crippen molar-refractivity contribution in [2.24, 2.45) is 0 Å². The Bertz CT molecular complexity index is 901. The van der Waals surface area contributed by atoms with E-state index in [1.807, 2.05) is 18.2 Å². The number of rotatable bonds is 6. The number of quaternary nitrogens is 1. The van der Waals surface area contributed by atoms with E-state index < -0.39 is 0 Å². The van der Waals surface area contributed by atoms with E-state index in [0.717, 1.165) is 12.2 Å². The molecule has 3 nitrogen and oxygen atoms in total. The minimum atomic E-state index is 0.0522. The van der Waals surface area contributed by atoms with Crippen LogP contribution in [-0.4, -0.2) is 19.5 Å². The Morgan fingerprint density at radius 3 is 2.42 bits per heavy atom. The van der Waals surface area contributed by atoms with E-state index in [9.17, 15) is 4.79 Å². The van der Waals surface area contributed by atoms with Crippen LogP contribution in [0.25, 0.3) is 10.8 Å². The number of amides is 1. The van der Waals surface area contributed by atoms with Gasteiger partial charge in [0.1, 0.15) is 6.54 Å². The van der Waals surface area contributed by atoms with Gasteiger partial charge in [0.2, 0.25) is 0 Å². The van der Waals surface area contributed by atoms with Crippen molar-refractivity contribution in [1.29, 1.82) is 0 Å². The lowest BCUT2D eigenvalue weighted by molar-refractivity contribution is -0.885. The highest BCUT2D eigenvalue weighted by Crippen LogP contribution is 2.23. The molecule has 0 saturated heterocycles. The van der Waals surface area contributed by atoms with Crippen molar-refractivity contribution >= 4 is 22.4 Å². The van der Waals surface area contributed by atoms with Gasteiger partial charge in [-0.3, -0.25) is 4.79 Å². The summed E-state index contributed by atoms with van der Waals surface area (Å²) in [6, 6.07) is 22.9. The van der Waals surface area contributed by atoms with Crippen LogP contribution < -0.4 is 10.2 Å². The summed E-state index contributed by atoms with van der Waals surface area (Å²) in [5, 5.41) is 5.57. The van der Waals surface area contributed by atoms with Crippen molar-refractivity contribution in [2.75, 3.05) is 18.9 Å². The normalized spacial score (nSPS) is 12.3. The first-order chi connectivity index (χ1) is 12.5. The lowest BCUT2D eigenvalue weighted by Gasteiger charge is -2.16. The molecule has 1 amide bonds. The minimum Gasteiger partial charge on any atom is -0.326 e. The van der Waals surface area contributed by atoms with Crippen molar-refractivity contribution in [3.05, 3.63) is 77.9 Å². The number of para-hydroxylation sites is 1. The van der Waals surface area contributed by atoms with Gasteiger partial charge < -0.3 is 10.2 Å². The Kier molecular flexibility index (Phi) is 5.69. The summed E-state index contributed by atoms with van der Waals surface area (Å²) in [5.41, 5.74) is 3.34. The molecule has 0 bridgehead atoms. The molecule has 0 radical (unpaired) electrons. The summed E-state index contributed by atoms with van der Waals surface area (Å²) >= 11 is 0. The van der Waals surface area contributed by atoms with Crippen LogP contribution in [0.3, 0.4) is 0 Å². The second-order valence-electron chi connectivity index (χ2n) is 7.28. The highest BCUT2D eigenvalue weighted by molar-refractivity contribution is 5.92. The first-order valence-corrected chi connectivity index (χ1v) is 9.20. The maximum atomic E-state index is 12.5. The standard InChI is InChI=1S/C23H26N2O/c1-17(2)21-10-6-7-11-22(21)24-23(26)16-25(3)15-18-12-13-19-8-4-5-9-20(19)14-18/h4-14,17H,15-16H2,1-3H3,(H,24,26)/p+1. The number of hydrogen-bond acceptors (Lipinski definition) is 1. The molecule has 0 aliphatic rings. The van der Waals surface area contributed by atoms with Gasteiger partial charge in [-0.1, -0.05) is 68.4 Å². The number of hydrogen-bond donors (Lipinski definition) is 2. The van der Waals surface area contributed by atoms with E-state index in [1.165, 1.54) is 26.8 Å². The first-order valence-electron chi connectivity index (χ1n) is 9.20. The number of fused-ring (bicyclic) bond motifs is 1. The molecule has 2 N–H and O–H groups in total. The van der Waals surface area contributed by atoms with Gasteiger partial charge in [0.15, 0.2) is 6.54 Å². The van der Waals surface area contributed by atoms with Crippen LogP contribution in [0, 0.1) is 0 Å². The number of carbonyl (C=O) groups is 1. The number of carbonyl (C=O) groups excluding carboxylic acids is 1. The molecule has 1 unspecified atom stereocenters. The van der Waals surface area contributed by atoms with Gasteiger partial charge >= 0.3 is 0 Å². The largest absolute Gasteiger partial charge is 0.326 e. The zero-order chi connectivity index (χ0) is 18.5. The summed E-state index contributed by atoms with van der Waals surface area (Å²) in [7, 11) is 2.06. The molecular weight excluding hydrogens is 320 g/mol. The topological polar surface area (TPSA) is 33.5 Å². The molecule has 3 aromatic carbocycles. The maximum absolute atomic E-state index is 12.5. The fraction of sp³-hybridized carbons (Fsp3) is 0.261. The molecule has 0 fully saturated rings. The van der Waals surface area contributed by atoms with Gasteiger partial charge in [0.05, 0.1) is 7.05 Å². The van der Waals surface area contributed by atoms with E-state index in [1.54, 1.807) is 0 Å². The third kappa shape index (κ3) is 4.50. The molecule has 3 aromatic rings. The first kappa shape index (κ1) is 18.2. The van der Waals surface area contributed by atoms with Crippen LogP contribution in [0.15, 0.2) is 66.7 Å². The van der Waals surface area contributed by atoms with E-state index in [0.29, 0.717) is 12.5 Å². The zero-order valence-electron chi connectivity index (χ0n) is 15.8. The van der Waals surface area contributed by atoms with Crippen molar-refractivity contribution in [2.45, 2.75) is 26.3 Å². The molecule has 0 saturated carbocycles. The van der Waals surface area contributed by atoms with Crippen molar-refractivity contribution in [3.8, 4) is 0 Å². The lowest BCUT2D eigenvalue weighted by Crippen LogP contribution is -3.08. The highest BCUT2D eigenvalue weighted by atomic mass is 16.2. The van der Waals surface area contributed by atoms with Crippen molar-refractivity contribution < 1.29 is 9.69 Å². The smallest absolute Gasteiger partial charge is 0.279 e. The van der Waals surface area contributed by atoms with Gasteiger partial charge in [-0.15, -0.1) is 0 Å². The molecule has 1 atom stereocenters. The van der Waals surface area contributed by atoms with Gasteiger partial charge in [-0.25, -0.2) is 0 Å². The van der Waals surface area contributed by atoms with Gasteiger partial charge in [0, 0.05) is 11.3 Å².